The lowest BCUT2D eigenvalue weighted by molar-refractivity contribution is -0.130. The smallest absolute Gasteiger partial charge is 0.245 e. The molecule has 1 fully saturated rings. The first-order valence-electron chi connectivity index (χ1n) is 9.20. The predicted octanol–water partition coefficient (Wildman–Crippen LogP) is 2.51. The number of nitriles is 1. The first kappa shape index (κ1) is 19.7. The molecule has 0 atom stereocenters. The van der Waals surface area contributed by atoms with E-state index in [9.17, 15) is 10.1 Å². The highest BCUT2D eigenvalue weighted by Gasteiger charge is 2.36. The Balaban J connectivity index is 1.57. The number of aryl methyl sites for hydroxylation is 1. The van der Waals surface area contributed by atoms with E-state index in [1.54, 1.807) is 31.4 Å². The van der Waals surface area contributed by atoms with E-state index >= 15 is 0 Å². The predicted molar refractivity (Wildman–Crippen MR) is 111 cm³/mol. The molecule has 0 aliphatic heterocycles. The Hall–Kier alpha value is -3.58. The Morgan fingerprint density at radius 2 is 2.30 bits per heavy atom. The highest BCUT2D eigenvalue weighted by atomic mass is 35.5. The van der Waals surface area contributed by atoms with Crippen LogP contribution < -0.4 is 10.1 Å². The van der Waals surface area contributed by atoms with Gasteiger partial charge in [-0.25, -0.2) is 0 Å². The van der Waals surface area contributed by atoms with E-state index in [4.69, 9.17) is 16.3 Å². The van der Waals surface area contributed by atoms with Crippen LogP contribution in [-0.2, 0) is 11.8 Å². The van der Waals surface area contributed by atoms with E-state index in [-0.39, 0.29) is 29.7 Å². The van der Waals surface area contributed by atoms with Gasteiger partial charge in [-0.15, -0.1) is 0 Å². The lowest BCUT2D eigenvalue weighted by atomic mass is 9.88. The van der Waals surface area contributed by atoms with E-state index in [2.05, 4.69) is 31.9 Å². The molecule has 3 heterocycles. The summed E-state index contributed by atoms with van der Waals surface area (Å²) in [6, 6.07) is 2.11. The van der Waals surface area contributed by atoms with Gasteiger partial charge >= 0.3 is 0 Å². The van der Waals surface area contributed by atoms with Crippen molar-refractivity contribution in [3.05, 3.63) is 35.8 Å². The Morgan fingerprint density at radius 3 is 3.00 bits per heavy atom. The minimum absolute atomic E-state index is 0.0886. The number of rotatable bonds is 6. The van der Waals surface area contributed by atoms with Crippen LogP contribution in [0.3, 0.4) is 0 Å². The number of fused-ring (bicyclic) bond motifs is 1. The average molecular weight is 427 g/mol. The van der Waals surface area contributed by atoms with Crippen LogP contribution in [0.5, 0.6) is 5.88 Å². The number of ether oxygens (including phenoxy) is 1. The molecule has 0 aromatic carbocycles. The second-order valence-corrected chi connectivity index (χ2v) is 7.44. The number of aromatic amines is 1. The van der Waals surface area contributed by atoms with Gasteiger partial charge in [0, 0.05) is 45.4 Å². The van der Waals surface area contributed by atoms with Crippen molar-refractivity contribution in [1.29, 1.82) is 5.26 Å². The molecular formula is C19H19ClN8O2. The van der Waals surface area contributed by atoms with Gasteiger partial charge in [-0.1, -0.05) is 18.2 Å². The molecule has 1 amide bonds. The first-order chi connectivity index (χ1) is 14.4. The molecule has 10 nitrogen and oxygen atoms in total. The number of likely N-dealkylation sites (N-methyl/N-ethyl adjacent to an activating group) is 1. The fraction of sp³-hybridized carbons (Fsp3) is 0.316. The zero-order chi connectivity index (χ0) is 21.4. The maximum atomic E-state index is 11.8. The number of nitrogens with one attached hydrogen (secondary N) is 2. The fourth-order valence-electron chi connectivity index (χ4n) is 3.32. The first-order valence-corrected chi connectivity index (χ1v) is 9.58. The van der Waals surface area contributed by atoms with Crippen molar-refractivity contribution in [2.75, 3.05) is 12.4 Å². The van der Waals surface area contributed by atoms with Gasteiger partial charge in [-0.3, -0.25) is 9.48 Å². The third kappa shape index (κ3) is 3.55. The third-order valence-corrected chi connectivity index (χ3v) is 5.35. The molecule has 0 bridgehead atoms. The monoisotopic (exact) mass is 426 g/mol. The molecule has 0 saturated heterocycles. The summed E-state index contributed by atoms with van der Waals surface area (Å²) in [5.41, 5.74) is 1.21. The van der Waals surface area contributed by atoms with E-state index < -0.39 is 0 Å². The number of anilines is 2. The number of nitrogens with zero attached hydrogens (tertiary/aromatic N) is 6. The normalized spacial score (nSPS) is 17.8. The van der Waals surface area contributed by atoms with Crippen molar-refractivity contribution in [2.24, 2.45) is 7.05 Å². The SMILES string of the molecule is C=CC(=O)N(C)[C@H]1C[C@H](Oc2nc(Nc3cn(C)nc3C#N)nc3[nH]cc(Cl)c23)C1. The zero-order valence-corrected chi connectivity index (χ0v) is 17.1. The molecule has 1 aliphatic carbocycles. The molecule has 30 heavy (non-hydrogen) atoms. The van der Waals surface area contributed by atoms with Crippen molar-refractivity contribution in [3.63, 3.8) is 0 Å². The van der Waals surface area contributed by atoms with E-state index in [0.29, 0.717) is 40.5 Å². The molecule has 4 rings (SSSR count). The van der Waals surface area contributed by atoms with Crippen LogP contribution in [0.4, 0.5) is 11.6 Å². The summed E-state index contributed by atoms with van der Waals surface area (Å²) in [5, 5.41) is 17.3. The number of hydrogen-bond acceptors (Lipinski definition) is 7. The molecule has 2 N–H and O–H groups in total. The summed E-state index contributed by atoms with van der Waals surface area (Å²) in [6.45, 7) is 3.51. The highest BCUT2D eigenvalue weighted by Crippen LogP contribution is 2.35. The number of H-pyrrole nitrogens is 1. The Labute approximate surface area is 177 Å². The van der Waals surface area contributed by atoms with Gasteiger partial charge in [0.05, 0.1) is 16.1 Å². The maximum Gasteiger partial charge on any atom is 0.245 e. The molecule has 1 aliphatic rings. The number of hydrogen-bond donors (Lipinski definition) is 2. The molecule has 0 unspecified atom stereocenters. The molecular weight excluding hydrogens is 408 g/mol. The van der Waals surface area contributed by atoms with Crippen LogP contribution in [0.2, 0.25) is 5.02 Å². The molecule has 0 radical (unpaired) electrons. The molecule has 0 spiro atoms. The number of amides is 1. The standard InChI is InChI=1S/C19H19ClN8O2/c1-4-15(29)28(3)10-5-11(6-10)30-18-16-12(20)8-22-17(16)24-19(25-18)23-14-9-27(2)26-13(14)7-21/h4,8-11H,1,5-6H2,2-3H3,(H2,22,23,24,25)/t10-,11-. The molecule has 11 heteroatoms. The van der Waals surface area contributed by atoms with Crippen LogP contribution >= 0.6 is 11.6 Å². The number of carbonyl (C=O) groups excluding carboxylic acids is 1. The van der Waals surface area contributed by atoms with Crippen molar-refractivity contribution in [3.8, 4) is 11.9 Å². The summed E-state index contributed by atoms with van der Waals surface area (Å²) in [7, 11) is 3.47. The van der Waals surface area contributed by atoms with Gasteiger partial charge in [-0.05, 0) is 6.08 Å². The van der Waals surface area contributed by atoms with Crippen molar-refractivity contribution >= 4 is 40.2 Å². The largest absolute Gasteiger partial charge is 0.474 e. The number of halogens is 1. The van der Waals surface area contributed by atoms with E-state index in [1.807, 2.05) is 6.07 Å². The minimum Gasteiger partial charge on any atom is -0.474 e. The van der Waals surface area contributed by atoms with Crippen LogP contribution in [0.15, 0.2) is 25.0 Å². The lowest BCUT2D eigenvalue weighted by Gasteiger charge is -2.40. The number of aromatic nitrogens is 5. The van der Waals surface area contributed by atoms with E-state index in [0.717, 1.165) is 0 Å². The van der Waals surface area contributed by atoms with Gasteiger partial charge in [0.15, 0.2) is 5.69 Å². The fourth-order valence-corrected chi connectivity index (χ4v) is 3.54. The van der Waals surface area contributed by atoms with Gasteiger partial charge in [0.1, 0.15) is 17.8 Å². The Morgan fingerprint density at radius 1 is 1.53 bits per heavy atom. The van der Waals surface area contributed by atoms with Gasteiger partial charge in [0.25, 0.3) is 0 Å². The Bertz CT molecular complexity index is 1170. The van der Waals surface area contributed by atoms with E-state index in [1.165, 1.54) is 10.8 Å². The molecule has 1 saturated carbocycles. The van der Waals surface area contributed by atoms with Crippen LogP contribution in [0, 0.1) is 11.3 Å². The average Bonchev–Trinajstić information content (AvgIpc) is 3.25. The summed E-state index contributed by atoms with van der Waals surface area (Å²) in [4.78, 5) is 25.3. The summed E-state index contributed by atoms with van der Waals surface area (Å²) in [6.07, 6.45) is 5.81. The summed E-state index contributed by atoms with van der Waals surface area (Å²) >= 11 is 6.29. The minimum atomic E-state index is -0.118. The van der Waals surface area contributed by atoms with Gasteiger partial charge < -0.3 is 19.9 Å². The van der Waals surface area contributed by atoms with Crippen LogP contribution in [0.25, 0.3) is 11.0 Å². The topological polar surface area (TPSA) is 125 Å². The van der Waals surface area contributed by atoms with Crippen LogP contribution in [0.1, 0.15) is 18.5 Å². The summed E-state index contributed by atoms with van der Waals surface area (Å²) < 4.78 is 7.62. The Kier molecular flexibility index (Phi) is 5.05. The van der Waals surface area contributed by atoms with Crippen molar-refractivity contribution < 1.29 is 9.53 Å². The van der Waals surface area contributed by atoms with Crippen LogP contribution in [-0.4, -0.2) is 54.7 Å². The second kappa shape index (κ2) is 7.68. The zero-order valence-electron chi connectivity index (χ0n) is 16.4. The van der Waals surface area contributed by atoms with Gasteiger partial charge in [0.2, 0.25) is 17.7 Å². The summed E-state index contributed by atoms with van der Waals surface area (Å²) in [5.74, 6) is 0.459. The quantitative estimate of drug-likeness (QED) is 0.580. The van der Waals surface area contributed by atoms with Crippen molar-refractivity contribution in [2.45, 2.75) is 25.0 Å². The third-order valence-electron chi connectivity index (χ3n) is 5.05. The van der Waals surface area contributed by atoms with Gasteiger partial charge in [-0.2, -0.15) is 20.3 Å². The van der Waals surface area contributed by atoms with Crippen molar-refractivity contribution in [1.82, 2.24) is 29.6 Å². The maximum absolute atomic E-state index is 11.8. The molecule has 3 aromatic heterocycles. The molecule has 3 aromatic rings. The second-order valence-electron chi connectivity index (χ2n) is 7.03. The lowest BCUT2D eigenvalue weighted by Crippen LogP contribution is -2.49. The highest BCUT2D eigenvalue weighted by molar-refractivity contribution is 6.35. The molecule has 154 valence electrons. The number of carbonyl (C=O) groups is 1.